The maximum absolute atomic E-state index is 12.4. The molecule has 0 radical (unpaired) electrons. The number of aryl methyl sites for hydroxylation is 1. The van der Waals surface area contributed by atoms with Crippen LogP contribution in [0.15, 0.2) is 35.9 Å². The van der Waals surface area contributed by atoms with Gasteiger partial charge in [-0.05, 0) is 106 Å². The van der Waals surface area contributed by atoms with E-state index < -0.39 is 29.5 Å². The fourth-order valence-corrected chi connectivity index (χ4v) is 8.69. The molecule has 0 spiro atoms. The highest BCUT2D eigenvalue weighted by Gasteiger charge is 2.68. The molecule has 1 unspecified atom stereocenters. The molecule has 5 N–H and O–H groups in total. The Kier molecular flexibility index (Phi) is 9.82. The van der Waals surface area contributed by atoms with Gasteiger partial charge in [-0.25, -0.2) is 0 Å². The van der Waals surface area contributed by atoms with Gasteiger partial charge in [0, 0.05) is 17.5 Å². The molecular weight excluding hydrogens is 532 g/mol. The van der Waals surface area contributed by atoms with Gasteiger partial charge in [0.15, 0.2) is 11.6 Å². The molecule has 4 aliphatic carbocycles. The molecule has 4 aliphatic rings. The van der Waals surface area contributed by atoms with E-state index >= 15 is 0 Å². The summed E-state index contributed by atoms with van der Waals surface area (Å²) in [6, 6.07) is 7.63. The Balaban J connectivity index is 0.000000219. The van der Waals surface area contributed by atoms with Crippen molar-refractivity contribution in [1.82, 2.24) is 5.32 Å². The first kappa shape index (κ1) is 32.5. The van der Waals surface area contributed by atoms with Crippen LogP contribution in [0.25, 0.3) is 0 Å². The van der Waals surface area contributed by atoms with Crippen molar-refractivity contribution in [2.75, 3.05) is 18.5 Å². The summed E-state index contributed by atoms with van der Waals surface area (Å²) in [5.74, 6) is 0.156. The van der Waals surface area contributed by atoms with Crippen LogP contribution in [0.4, 0.5) is 5.69 Å². The monoisotopic (exact) mass is 582 g/mol. The van der Waals surface area contributed by atoms with Crippen LogP contribution >= 0.6 is 0 Å². The fraction of sp³-hybridized carbons (Fsp3) is 0.676. The Hall–Kier alpha value is -2.39. The average molecular weight is 583 g/mol. The van der Waals surface area contributed by atoms with Crippen LogP contribution in [-0.2, 0) is 14.4 Å². The highest BCUT2D eigenvalue weighted by molar-refractivity contribution is 5.95. The van der Waals surface area contributed by atoms with E-state index in [2.05, 4.69) is 24.5 Å². The number of amides is 1. The van der Waals surface area contributed by atoms with Gasteiger partial charge in [0.1, 0.15) is 12.2 Å². The number of rotatable bonds is 7. The van der Waals surface area contributed by atoms with Gasteiger partial charge in [0.25, 0.3) is 0 Å². The van der Waals surface area contributed by atoms with Gasteiger partial charge in [-0.1, -0.05) is 44.5 Å². The molecule has 1 amide bonds. The molecule has 8 atom stereocenters. The van der Waals surface area contributed by atoms with Crippen molar-refractivity contribution < 1.29 is 29.7 Å². The lowest BCUT2D eigenvalue weighted by molar-refractivity contribution is -0.182. The van der Waals surface area contributed by atoms with Gasteiger partial charge in [-0.3, -0.25) is 14.4 Å². The summed E-state index contributed by atoms with van der Waals surface area (Å²) in [6.07, 6.45) is 6.76. The molecule has 8 heteroatoms. The molecule has 0 aliphatic heterocycles. The van der Waals surface area contributed by atoms with Crippen molar-refractivity contribution in [3.8, 4) is 0 Å². The number of aliphatic hydroxyl groups excluding tert-OH is 2. The molecule has 0 aromatic heterocycles. The number of benzene rings is 1. The molecule has 8 nitrogen and oxygen atoms in total. The third-order valence-corrected chi connectivity index (χ3v) is 11.2. The van der Waals surface area contributed by atoms with Gasteiger partial charge in [0.05, 0.1) is 12.1 Å². The molecule has 232 valence electrons. The normalized spacial score (nSPS) is 35.9. The minimum absolute atomic E-state index is 0.0164. The van der Waals surface area contributed by atoms with E-state index in [1.807, 2.05) is 45.0 Å². The van der Waals surface area contributed by atoms with Crippen molar-refractivity contribution in [2.45, 2.75) is 104 Å². The van der Waals surface area contributed by atoms with Crippen LogP contribution in [0, 0.1) is 35.5 Å². The summed E-state index contributed by atoms with van der Waals surface area (Å²) in [5.41, 5.74) is 0.737. The largest absolute Gasteiger partial charge is 0.393 e. The van der Waals surface area contributed by atoms with E-state index in [0.717, 1.165) is 49.9 Å². The van der Waals surface area contributed by atoms with Gasteiger partial charge in [0.2, 0.25) is 5.91 Å². The summed E-state index contributed by atoms with van der Waals surface area (Å²) in [5, 5.41) is 37.8. The fourth-order valence-electron chi connectivity index (χ4n) is 8.69. The maximum atomic E-state index is 12.4. The highest BCUT2D eigenvalue weighted by atomic mass is 16.3. The first-order valence-corrected chi connectivity index (χ1v) is 15.7. The van der Waals surface area contributed by atoms with Crippen molar-refractivity contribution in [2.24, 2.45) is 28.6 Å². The van der Waals surface area contributed by atoms with Crippen LogP contribution in [0.2, 0.25) is 0 Å². The number of ketones is 2. The van der Waals surface area contributed by atoms with E-state index in [1.165, 1.54) is 5.57 Å². The Morgan fingerprint density at radius 2 is 1.83 bits per heavy atom. The van der Waals surface area contributed by atoms with Gasteiger partial charge in [-0.15, -0.1) is 0 Å². The van der Waals surface area contributed by atoms with E-state index in [0.29, 0.717) is 19.3 Å². The summed E-state index contributed by atoms with van der Waals surface area (Å²) >= 11 is 0. The van der Waals surface area contributed by atoms with Crippen molar-refractivity contribution in [1.29, 1.82) is 0 Å². The number of carbonyl (C=O) groups is 3. The highest BCUT2D eigenvalue weighted by Crippen LogP contribution is 2.67. The number of carbonyl (C=O) groups excluding carboxylic acids is 3. The first-order valence-electron chi connectivity index (χ1n) is 15.7. The molecule has 0 saturated heterocycles. The third kappa shape index (κ3) is 5.75. The number of anilines is 1. The number of nitrogens with one attached hydrogen (secondary N) is 2. The van der Waals surface area contributed by atoms with Crippen molar-refractivity contribution >= 4 is 23.2 Å². The van der Waals surface area contributed by atoms with E-state index in [-0.39, 0.29) is 40.9 Å². The molecule has 42 heavy (non-hydrogen) atoms. The molecule has 1 aromatic rings. The zero-order valence-electron chi connectivity index (χ0n) is 25.9. The molecule has 0 bridgehead atoms. The van der Waals surface area contributed by atoms with Crippen LogP contribution in [0.5, 0.6) is 0 Å². The van der Waals surface area contributed by atoms with Gasteiger partial charge < -0.3 is 26.0 Å². The quantitative estimate of drug-likeness (QED) is 0.327. The van der Waals surface area contributed by atoms with E-state index in [4.69, 9.17) is 0 Å². The molecule has 0 heterocycles. The minimum Gasteiger partial charge on any atom is -0.393 e. The third-order valence-electron chi connectivity index (χ3n) is 11.2. The zero-order chi connectivity index (χ0) is 30.9. The van der Waals surface area contributed by atoms with E-state index in [9.17, 15) is 29.7 Å². The standard InChI is InChI=1S/C21H30O5.C13H20N2O/c1-19-7-5-13(23)9-12(19)3-4-14-15-6-8-21(26,17(25)11-22)20(15,2)10-16(24)18(14)19;1-4-9-14-11(3)13(16)15-12-8-6-5-7-10(12)2/h9,14-16,18,22,24,26H,3-8,10-11H2,1-2H3;5-8,11,14H,4,9H2,1-3H3,(H,15,16)/t14-,15-,16-,18+,19-,20-,21-;/m0./s1. The maximum Gasteiger partial charge on any atom is 0.241 e. The number of para-hydroxylation sites is 1. The van der Waals surface area contributed by atoms with Crippen LogP contribution in [0.3, 0.4) is 0 Å². The lowest BCUT2D eigenvalue weighted by Gasteiger charge is -2.60. The Morgan fingerprint density at radius 1 is 1.12 bits per heavy atom. The predicted molar refractivity (Wildman–Crippen MR) is 163 cm³/mol. The lowest BCUT2D eigenvalue weighted by Crippen LogP contribution is -2.62. The molecular formula is C34H50N2O6. The SMILES string of the molecule is CCCNC(C)C(=O)Nc1ccccc1C.C[C@]12CCC(=O)C=C1CC[C@@H]1[C@@H]2[C@@H](O)C[C@@]2(C)[C@H]1CC[C@]2(O)C(=O)CO. The average Bonchev–Trinajstić information content (AvgIpc) is 3.23. The van der Waals surface area contributed by atoms with E-state index in [1.54, 1.807) is 6.08 Å². The summed E-state index contributed by atoms with van der Waals surface area (Å²) in [4.78, 5) is 36.1. The second kappa shape index (κ2) is 12.7. The topological polar surface area (TPSA) is 136 Å². The number of allylic oxidation sites excluding steroid dienone is 1. The summed E-state index contributed by atoms with van der Waals surface area (Å²) < 4.78 is 0. The van der Waals surface area contributed by atoms with Crippen molar-refractivity contribution in [3.63, 3.8) is 0 Å². The molecule has 5 rings (SSSR count). The zero-order valence-corrected chi connectivity index (χ0v) is 25.9. The molecule has 3 saturated carbocycles. The first-order chi connectivity index (χ1) is 19.8. The minimum atomic E-state index is -1.54. The van der Waals surface area contributed by atoms with Gasteiger partial charge >= 0.3 is 0 Å². The molecule has 3 fully saturated rings. The van der Waals surface area contributed by atoms with Crippen molar-refractivity contribution in [3.05, 3.63) is 41.5 Å². The lowest BCUT2D eigenvalue weighted by atomic mass is 9.45. The second-order valence-corrected chi connectivity index (χ2v) is 13.5. The Morgan fingerprint density at radius 3 is 2.50 bits per heavy atom. The number of hydrogen-bond acceptors (Lipinski definition) is 7. The smallest absolute Gasteiger partial charge is 0.241 e. The van der Waals surface area contributed by atoms with Gasteiger partial charge in [-0.2, -0.15) is 0 Å². The molecule has 1 aromatic carbocycles. The number of Topliss-reactive ketones (excluding diaryl/α,β-unsaturated/α-hetero) is 1. The Bertz CT molecular complexity index is 1210. The summed E-state index contributed by atoms with van der Waals surface area (Å²) in [6.45, 7) is 10.3. The number of fused-ring (bicyclic) bond motifs is 5. The Labute approximate surface area is 250 Å². The second-order valence-electron chi connectivity index (χ2n) is 13.5. The van der Waals surface area contributed by atoms with Crippen LogP contribution < -0.4 is 10.6 Å². The number of hydrogen-bond donors (Lipinski definition) is 5. The van der Waals surface area contributed by atoms with Crippen LogP contribution in [0.1, 0.15) is 84.6 Å². The van der Waals surface area contributed by atoms with Crippen LogP contribution in [-0.4, -0.2) is 63.7 Å². The summed E-state index contributed by atoms with van der Waals surface area (Å²) in [7, 11) is 0. The number of aliphatic hydroxyl groups is 3. The predicted octanol–water partition coefficient (Wildman–Crippen LogP) is 4.10.